The summed E-state index contributed by atoms with van der Waals surface area (Å²) in [5, 5.41) is 25.7. The average molecular weight is 510 g/mol. The summed E-state index contributed by atoms with van der Waals surface area (Å²) in [4.78, 5) is 22.4. The molecule has 1 amide bonds. The third kappa shape index (κ3) is 6.19. The van der Waals surface area contributed by atoms with Crippen LogP contribution in [0.25, 0.3) is 10.8 Å². The topological polar surface area (TPSA) is 110 Å². The molecule has 0 unspecified atom stereocenters. The highest BCUT2D eigenvalue weighted by Gasteiger charge is 2.10. The van der Waals surface area contributed by atoms with Crippen molar-refractivity contribution in [1.29, 1.82) is 0 Å². The first kappa shape index (κ1) is 23.9. The smallest absolute Gasteiger partial charge is 0.269 e. The van der Waals surface area contributed by atoms with Crippen molar-refractivity contribution in [2.24, 2.45) is 5.10 Å². The summed E-state index contributed by atoms with van der Waals surface area (Å²) < 4.78 is 1.56. The minimum Gasteiger partial charge on any atom is -0.272 e. The zero-order valence-corrected chi connectivity index (χ0v) is 20.5. The highest BCUT2D eigenvalue weighted by molar-refractivity contribution is 8.03. The third-order valence-corrected chi connectivity index (χ3v) is 8.03. The number of non-ortho nitro benzene ring substituents is 1. The van der Waals surface area contributed by atoms with E-state index < -0.39 is 4.92 Å². The van der Waals surface area contributed by atoms with E-state index in [9.17, 15) is 14.9 Å². The van der Waals surface area contributed by atoms with E-state index in [0.29, 0.717) is 15.6 Å². The maximum atomic E-state index is 12.2. The van der Waals surface area contributed by atoms with Gasteiger partial charge >= 0.3 is 0 Å². The van der Waals surface area contributed by atoms with Gasteiger partial charge in [-0.25, -0.2) is 5.43 Å². The van der Waals surface area contributed by atoms with Crippen LogP contribution in [0.15, 0.2) is 80.5 Å². The van der Waals surface area contributed by atoms with Gasteiger partial charge in [0.25, 0.3) is 11.6 Å². The van der Waals surface area contributed by atoms with E-state index >= 15 is 0 Å². The molecular weight excluding hydrogens is 490 g/mol. The molecule has 172 valence electrons. The number of hydrazone groups is 1. The fourth-order valence-corrected chi connectivity index (χ4v) is 5.88. The molecule has 0 bridgehead atoms. The number of hydrogen-bond donors (Lipinski definition) is 1. The highest BCUT2D eigenvalue weighted by Crippen LogP contribution is 2.32. The summed E-state index contributed by atoms with van der Waals surface area (Å²) in [6.45, 7) is 1.72. The Morgan fingerprint density at radius 3 is 2.50 bits per heavy atom. The van der Waals surface area contributed by atoms with Crippen LogP contribution in [0.5, 0.6) is 0 Å². The van der Waals surface area contributed by atoms with Gasteiger partial charge in [0.05, 0.1) is 16.4 Å². The van der Waals surface area contributed by atoms with Crippen LogP contribution in [0.4, 0.5) is 5.69 Å². The molecule has 0 fully saturated rings. The molecule has 0 spiro atoms. The zero-order chi connectivity index (χ0) is 23.9. The molecule has 0 aliphatic heterocycles. The number of benzene rings is 3. The van der Waals surface area contributed by atoms with Crippen molar-refractivity contribution in [3.63, 3.8) is 0 Å². The van der Waals surface area contributed by atoms with Crippen LogP contribution in [0, 0.1) is 10.1 Å². The number of thioether (sulfide) groups is 2. The number of nitrogens with zero attached hydrogens (tertiary/aromatic N) is 4. The molecule has 0 aliphatic carbocycles. The lowest BCUT2D eigenvalue weighted by atomic mass is 10.1. The molecule has 11 heteroatoms. The van der Waals surface area contributed by atoms with E-state index in [4.69, 9.17) is 0 Å². The molecule has 1 aromatic heterocycles. The maximum Gasteiger partial charge on any atom is 0.269 e. The number of rotatable bonds is 9. The first-order valence-corrected chi connectivity index (χ1v) is 12.9. The molecule has 1 N–H and O–H groups in total. The maximum absolute atomic E-state index is 12.2. The highest BCUT2D eigenvalue weighted by atomic mass is 32.2. The SMILES string of the molecule is C/C(=N\NC(=O)CSc1nnc(SCc2cccc3ccccc23)s1)c1ccc([N+](=O)[O-])cc1. The largest absolute Gasteiger partial charge is 0.272 e. The van der Waals surface area contributed by atoms with Gasteiger partial charge in [0.2, 0.25) is 0 Å². The molecular formula is C23H19N5O3S3. The second-order valence-electron chi connectivity index (χ2n) is 7.09. The predicted molar refractivity (Wildman–Crippen MR) is 138 cm³/mol. The molecule has 1 heterocycles. The minimum atomic E-state index is -0.462. The van der Waals surface area contributed by atoms with Crippen molar-refractivity contribution in [2.45, 2.75) is 21.4 Å². The molecule has 0 atom stereocenters. The molecule has 0 radical (unpaired) electrons. The van der Waals surface area contributed by atoms with Crippen LogP contribution in [0.1, 0.15) is 18.1 Å². The molecule has 4 rings (SSSR count). The first-order valence-electron chi connectivity index (χ1n) is 10.1. The van der Waals surface area contributed by atoms with E-state index in [1.54, 1.807) is 30.8 Å². The summed E-state index contributed by atoms with van der Waals surface area (Å²) in [7, 11) is 0. The fourth-order valence-electron chi connectivity index (χ4n) is 3.07. The van der Waals surface area contributed by atoms with E-state index in [1.165, 1.54) is 51.6 Å². The summed E-state index contributed by atoms with van der Waals surface area (Å²) in [6.07, 6.45) is 0. The average Bonchev–Trinajstić information content (AvgIpc) is 3.32. The summed E-state index contributed by atoms with van der Waals surface area (Å²) in [5.74, 6) is 0.670. The lowest BCUT2D eigenvalue weighted by Gasteiger charge is -2.04. The standard InChI is InChI=1S/C23H19N5O3S3/c1-15(16-9-11-19(12-10-16)28(30)31)24-25-21(29)14-33-23-27-26-22(34-23)32-13-18-7-4-6-17-5-2-3-8-20(17)18/h2-12H,13-14H2,1H3,(H,25,29)/b24-15+. The van der Waals surface area contributed by atoms with Gasteiger partial charge < -0.3 is 0 Å². The van der Waals surface area contributed by atoms with Gasteiger partial charge in [0.1, 0.15) is 0 Å². The normalized spacial score (nSPS) is 11.5. The minimum absolute atomic E-state index is 0.00342. The van der Waals surface area contributed by atoms with Crippen LogP contribution < -0.4 is 5.43 Å². The lowest BCUT2D eigenvalue weighted by Crippen LogP contribution is -2.21. The van der Waals surface area contributed by atoms with Gasteiger partial charge in [0, 0.05) is 17.9 Å². The quantitative estimate of drug-likeness (QED) is 0.137. The van der Waals surface area contributed by atoms with Gasteiger partial charge in [-0.15, -0.1) is 10.2 Å². The number of amides is 1. The number of fused-ring (bicyclic) bond motifs is 1. The molecule has 3 aromatic carbocycles. The number of nitro groups is 1. The monoisotopic (exact) mass is 509 g/mol. The van der Waals surface area contributed by atoms with Gasteiger partial charge in [-0.2, -0.15) is 5.10 Å². The second kappa shape index (κ2) is 11.2. The summed E-state index contributed by atoms with van der Waals surface area (Å²) >= 11 is 4.38. The number of nitrogens with one attached hydrogen (secondary N) is 1. The molecule has 0 aliphatic rings. The molecule has 0 saturated heterocycles. The van der Waals surface area contributed by atoms with Crippen molar-refractivity contribution in [1.82, 2.24) is 15.6 Å². The lowest BCUT2D eigenvalue weighted by molar-refractivity contribution is -0.384. The Kier molecular flexibility index (Phi) is 7.88. The van der Waals surface area contributed by atoms with E-state index in [0.717, 1.165) is 10.1 Å². The number of carbonyl (C=O) groups is 1. The Morgan fingerprint density at radius 1 is 1.03 bits per heavy atom. The predicted octanol–water partition coefficient (Wildman–Crippen LogP) is 5.52. The number of aromatic nitrogens is 2. The fraction of sp³-hybridized carbons (Fsp3) is 0.130. The van der Waals surface area contributed by atoms with Crippen molar-refractivity contribution < 1.29 is 9.72 Å². The van der Waals surface area contributed by atoms with E-state index in [-0.39, 0.29) is 17.3 Å². The molecule has 4 aromatic rings. The van der Waals surface area contributed by atoms with Crippen LogP contribution in [-0.2, 0) is 10.5 Å². The van der Waals surface area contributed by atoms with Crippen LogP contribution in [0.2, 0.25) is 0 Å². The first-order chi connectivity index (χ1) is 16.5. The van der Waals surface area contributed by atoms with Crippen LogP contribution in [-0.4, -0.2) is 32.5 Å². The summed E-state index contributed by atoms with van der Waals surface area (Å²) in [6, 6.07) is 20.6. The molecule has 8 nitrogen and oxygen atoms in total. The summed E-state index contributed by atoms with van der Waals surface area (Å²) in [5.41, 5.74) is 4.99. The van der Waals surface area contributed by atoms with Crippen LogP contribution >= 0.6 is 34.9 Å². The number of carbonyl (C=O) groups excluding carboxylic acids is 1. The Bertz CT molecular complexity index is 1350. The van der Waals surface area contributed by atoms with Crippen molar-refractivity contribution in [3.05, 3.63) is 88.0 Å². The third-order valence-electron chi connectivity index (χ3n) is 4.79. The van der Waals surface area contributed by atoms with Gasteiger partial charge in [-0.05, 0) is 41.0 Å². The second-order valence-corrected chi connectivity index (χ2v) is 10.5. The van der Waals surface area contributed by atoms with Crippen molar-refractivity contribution in [3.8, 4) is 0 Å². The van der Waals surface area contributed by atoms with E-state index in [2.05, 4.69) is 51.1 Å². The number of nitro benzene ring substituents is 1. The van der Waals surface area contributed by atoms with E-state index in [1.807, 2.05) is 12.1 Å². The van der Waals surface area contributed by atoms with Crippen LogP contribution in [0.3, 0.4) is 0 Å². The number of hydrogen-bond acceptors (Lipinski definition) is 9. The Morgan fingerprint density at radius 2 is 1.74 bits per heavy atom. The van der Waals surface area contributed by atoms with Gasteiger partial charge in [-0.1, -0.05) is 77.3 Å². The Balaban J connectivity index is 1.26. The van der Waals surface area contributed by atoms with Gasteiger partial charge in [-0.3, -0.25) is 14.9 Å². The molecule has 0 saturated carbocycles. The Labute approximate surface area is 208 Å². The van der Waals surface area contributed by atoms with Crippen molar-refractivity contribution in [2.75, 3.05) is 5.75 Å². The van der Waals surface area contributed by atoms with Crippen molar-refractivity contribution >= 4 is 62.9 Å². The Hall–Kier alpha value is -3.28. The molecule has 34 heavy (non-hydrogen) atoms. The zero-order valence-electron chi connectivity index (χ0n) is 18.0. The van der Waals surface area contributed by atoms with Gasteiger partial charge in [0.15, 0.2) is 8.68 Å².